The second kappa shape index (κ2) is 6.59. The van der Waals surface area contributed by atoms with Gasteiger partial charge in [0.25, 0.3) is 0 Å². The van der Waals surface area contributed by atoms with Gasteiger partial charge in [0.15, 0.2) is 0 Å². The van der Waals surface area contributed by atoms with Gasteiger partial charge < -0.3 is 10.4 Å². The fourth-order valence-corrected chi connectivity index (χ4v) is 3.42. The first-order valence-corrected chi connectivity index (χ1v) is 8.14. The van der Waals surface area contributed by atoms with E-state index in [0.717, 1.165) is 11.5 Å². The van der Waals surface area contributed by atoms with Crippen LogP contribution in [0.25, 0.3) is 10.8 Å². The maximum Gasteiger partial charge on any atom is 0.0914 e. The summed E-state index contributed by atoms with van der Waals surface area (Å²) in [6.45, 7) is 2.96. The van der Waals surface area contributed by atoms with E-state index in [0.29, 0.717) is 12.6 Å². The van der Waals surface area contributed by atoms with Gasteiger partial charge in [0.2, 0.25) is 0 Å². The Kier molecular flexibility index (Phi) is 4.57. The highest BCUT2D eigenvalue weighted by Gasteiger charge is 2.21. The summed E-state index contributed by atoms with van der Waals surface area (Å²) in [4.78, 5) is 0. The molecule has 21 heavy (non-hydrogen) atoms. The normalized spacial score (nSPS) is 24.1. The van der Waals surface area contributed by atoms with Crippen LogP contribution in [0.3, 0.4) is 0 Å². The highest BCUT2D eigenvalue weighted by Crippen LogP contribution is 2.25. The van der Waals surface area contributed by atoms with Crippen LogP contribution in [0.5, 0.6) is 0 Å². The van der Waals surface area contributed by atoms with Crippen LogP contribution in [-0.4, -0.2) is 17.7 Å². The monoisotopic (exact) mass is 283 g/mol. The molecule has 3 atom stereocenters. The van der Waals surface area contributed by atoms with Crippen molar-refractivity contribution in [2.24, 2.45) is 5.92 Å². The Morgan fingerprint density at radius 3 is 2.67 bits per heavy atom. The molecule has 0 saturated heterocycles. The summed E-state index contributed by atoms with van der Waals surface area (Å²) in [5, 5.41) is 16.4. The second-order valence-electron chi connectivity index (χ2n) is 6.40. The number of aliphatic hydroxyl groups excluding tert-OH is 1. The molecule has 2 nitrogen and oxygen atoms in total. The summed E-state index contributed by atoms with van der Waals surface area (Å²) in [5.74, 6) is 0.725. The molecule has 1 aliphatic carbocycles. The van der Waals surface area contributed by atoms with E-state index in [1.54, 1.807) is 0 Å². The van der Waals surface area contributed by atoms with Crippen LogP contribution in [0.15, 0.2) is 42.5 Å². The molecule has 2 heteroatoms. The van der Waals surface area contributed by atoms with Crippen LogP contribution in [0.2, 0.25) is 0 Å². The van der Waals surface area contributed by atoms with Crippen LogP contribution in [0, 0.1) is 5.92 Å². The zero-order valence-electron chi connectivity index (χ0n) is 12.8. The van der Waals surface area contributed by atoms with Crippen molar-refractivity contribution in [1.29, 1.82) is 0 Å². The molecule has 2 aromatic carbocycles. The minimum atomic E-state index is -0.427. The minimum Gasteiger partial charge on any atom is -0.387 e. The number of fused-ring (bicyclic) bond motifs is 1. The van der Waals surface area contributed by atoms with Gasteiger partial charge in [-0.15, -0.1) is 0 Å². The molecule has 2 aromatic rings. The summed E-state index contributed by atoms with van der Waals surface area (Å²) in [6, 6.07) is 15.1. The van der Waals surface area contributed by atoms with E-state index in [1.807, 2.05) is 18.2 Å². The predicted molar refractivity (Wildman–Crippen MR) is 88.3 cm³/mol. The molecule has 0 radical (unpaired) electrons. The third-order valence-electron chi connectivity index (χ3n) is 4.84. The van der Waals surface area contributed by atoms with E-state index in [-0.39, 0.29) is 0 Å². The zero-order chi connectivity index (χ0) is 14.7. The van der Waals surface area contributed by atoms with E-state index in [2.05, 4.69) is 36.5 Å². The summed E-state index contributed by atoms with van der Waals surface area (Å²) < 4.78 is 0. The lowest BCUT2D eigenvalue weighted by atomic mass is 9.86. The van der Waals surface area contributed by atoms with Gasteiger partial charge in [0.1, 0.15) is 0 Å². The predicted octanol–water partition coefficient (Wildman–Crippen LogP) is 4.04. The first-order valence-electron chi connectivity index (χ1n) is 8.14. The Bertz CT molecular complexity index is 595. The fraction of sp³-hybridized carbons (Fsp3) is 0.474. The molecule has 0 amide bonds. The largest absolute Gasteiger partial charge is 0.387 e. The van der Waals surface area contributed by atoms with Crippen molar-refractivity contribution in [2.45, 2.75) is 44.8 Å². The SMILES string of the molecule is C[C@@H]1CCCC[C@@H]1NC[C@H](O)c1ccc2ccccc2c1. The van der Waals surface area contributed by atoms with Crippen molar-refractivity contribution in [2.75, 3.05) is 6.54 Å². The van der Waals surface area contributed by atoms with Crippen LogP contribution >= 0.6 is 0 Å². The smallest absolute Gasteiger partial charge is 0.0914 e. The van der Waals surface area contributed by atoms with Crippen molar-refractivity contribution in [3.8, 4) is 0 Å². The molecule has 1 aliphatic rings. The summed E-state index contributed by atoms with van der Waals surface area (Å²) >= 11 is 0. The molecule has 2 N–H and O–H groups in total. The lowest BCUT2D eigenvalue weighted by Crippen LogP contribution is -2.39. The van der Waals surface area contributed by atoms with E-state index in [4.69, 9.17) is 0 Å². The Labute approximate surface area is 127 Å². The maximum atomic E-state index is 10.4. The summed E-state index contributed by atoms with van der Waals surface area (Å²) in [6.07, 6.45) is 4.79. The zero-order valence-corrected chi connectivity index (χ0v) is 12.8. The number of benzene rings is 2. The van der Waals surface area contributed by atoms with E-state index >= 15 is 0 Å². The molecule has 0 unspecified atom stereocenters. The van der Waals surface area contributed by atoms with Gasteiger partial charge >= 0.3 is 0 Å². The third-order valence-corrected chi connectivity index (χ3v) is 4.84. The van der Waals surface area contributed by atoms with Crippen molar-refractivity contribution in [1.82, 2.24) is 5.32 Å². The average Bonchev–Trinajstić information content (AvgIpc) is 2.53. The van der Waals surface area contributed by atoms with Gasteiger partial charge in [0, 0.05) is 12.6 Å². The molecule has 1 saturated carbocycles. The van der Waals surface area contributed by atoms with Crippen molar-refractivity contribution >= 4 is 10.8 Å². The van der Waals surface area contributed by atoms with Gasteiger partial charge in [-0.2, -0.15) is 0 Å². The molecular weight excluding hydrogens is 258 g/mol. The van der Waals surface area contributed by atoms with Gasteiger partial charge in [-0.05, 0) is 41.2 Å². The Balaban J connectivity index is 1.64. The highest BCUT2D eigenvalue weighted by molar-refractivity contribution is 5.83. The quantitative estimate of drug-likeness (QED) is 0.887. The molecule has 112 valence electrons. The summed E-state index contributed by atoms with van der Waals surface area (Å²) in [5.41, 5.74) is 1.00. The standard InChI is InChI=1S/C19H25NO/c1-14-6-2-5-9-18(14)20-13-19(21)17-11-10-15-7-3-4-8-16(15)12-17/h3-4,7-8,10-12,14,18-21H,2,5-6,9,13H2,1H3/t14-,18+,19+/m1/s1. The average molecular weight is 283 g/mol. The molecular formula is C19H25NO. The van der Waals surface area contributed by atoms with Crippen molar-refractivity contribution in [3.63, 3.8) is 0 Å². The van der Waals surface area contributed by atoms with E-state index in [1.165, 1.54) is 36.5 Å². The van der Waals surface area contributed by atoms with Crippen LogP contribution in [0.1, 0.15) is 44.3 Å². The Morgan fingerprint density at radius 1 is 1.10 bits per heavy atom. The van der Waals surface area contributed by atoms with Crippen molar-refractivity contribution < 1.29 is 5.11 Å². The number of aliphatic hydroxyl groups is 1. The first kappa shape index (κ1) is 14.6. The van der Waals surface area contributed by atoms with Gasteiger partial charge in [-0.3, -0.25) is 0 Å². The van der Waals surface area contributed by atoms with Gasteiger partial charge in [-0.25, -0.2) is 0 Å². The molecule has 3 rings (SSSR count). The molecule has 0 aromatic heterocycles. The Morgan fingerprint density at radius 2 is 1.86 bits per heavy atom. The van der Waals surface area contributed by atoms with Crippen LogP contribution < -0.4 is 5.32 Å². The van der Waals surface area contributed by atoms with Crippen molar-refractivity contribution in [3.05, 3.63) is 48.0 Å². The van der Waals surface area contributed by atoms with Crippen LogP contribution in [0.4, 0.5) is 0 Å². The maximum absolute atomic E-state index is 10.4. The number of hydrogen-bond donors (Lipinski definition) is 2. The Hall–Kier alpha value is -1.38. The van der Waals surface area contributed by atoms with E-state index < -0.39 is 6.10 Å². The lowest BCUT2D eigenvalue weighted by Gasteiger charge is -2.30. The van der Waals surface area contributed by atoms with E-state index in [9.17, 15) is 5.11 Å². The third kappa shape index (κ3) is 3.45. The number of nitrogens with one attached hydrogen (secondary N) is 1. The number of rotatable bonds is 4. The highest BCUT2D eigenvalue weighted by atomic mass is 16.3. The second-order valence-corrected chi connectivity index (χ2v) is 6.40. The summed E-state index contributed by atoms with van der Waals surface area (Å²) in [7, 11) is 0. The molecule has 0 aliphatic heterocycles. The topological polar surface area (TPSA) is 32.3 Å². The molecule has 0 bridgehead atoms. The van der Waals surface area contributed by atoms with Gasteiger partial charge in [0.05, 0.1) is 6.10 Å². The first-order chi connectivity index (χ1) is 10.2. The van der Waals surface area contributed by atoms with Crippen LogP contribution in [-0.2, 0) is 0 Å². The number of hydrogen-bond acceptors (Lipinski definition) is 2. The fourth-order valence-electron chi connectivity index (χ4n) is 3.42. The molecule has 0 spiro atoms. The molecule has 1 fully saturated rings. The lowest BCUT2D eigenvalue weighted by molar-refractivity contribution is 0.157. The molecule has 0 heterocycles. The van der Waals surface area contributed by atoms with Gasteiger partial charge in [-0.1, -0.05) is 56.2 Å². The minimum absolute atomic E-state index is 0.427.